The van der Waals surface area contributed by atoms with Gasteiger partial charge in [-0.3, -0.25) is 4.79 Å². The predicted octanol–water partition coefficient (Wildman–Crippen LogP) is 5.44. The Kier molecular flexibility index (Phi) is 5.13. The number of hydrogen-bond donors (Lipinski definition) is 1. The minimum Gasteiger partial charge on any atom is -0.273 e. The molecule has 1 fully saturated rings. The van der Waals surface area contributed by atoms with Crippen molar-refractivity contribution in [3.63, 3.8) is 0 Å². The Morgan fingerprint density at radius 1 is 1.17 bits per heavy atom. The first-order chi connectivity index (χ1) is 13.8. The highest BCUT2D eigenvalue weighted by atomic mass is 35.5. The van der Waals surface area contributed by atoms with Crippen LogP contribution in [0.1, 0.15) is 49.8 Å². The van der Waals surface area contributed by atoms with Gasteiger partial charge in [-0.1, -0.05) is 74.8 Å². The third-order valence-corrected chi connectivity index (χ3v) is 5.72. The van der Waals surface area contributed by atoms with E-state index in [1.807, 2.05) is 30.3 Å². The molecule has 4 nitrogen and oxygen atoms in total. The third kappa shape index (κ3) is 4.33. The maximum atomic E-state index is 12.4. The van der Waals surface area contributed by atoms with Crippen LogP contribution in [0.5, 0.6) is 0 Å². The first-order valence-corrected chi connectivity index (χ1v) is 10.2. The van der Waals surface area contributed by atoms with Gasteiger partial charge in [-0.15, -0.1) is 0 Å². The standard InChI is InChI=1S/C24H24ClN3O/c1-24(2,3)18-10-8-15(9-11-18)19-13-20(19)23(29)28-26-14-17-12-16-6-4-5-7-21(16)27-22(17)25/h4-12,14,19-20H,13H2,1-3H3,(H,28,29)/b26-14+. The fourth-order valence-electron chi connectivity index (χ4n) is 3.53. The van der Waals surface area contributed by atoms with Gasteiger partial charge in [0, 0.05) is 16.9 Å². The molecule has 0 spiro atoms. The lowest BCUT2D eigenvalue weighted by Gasteiger charge is -2.19. The molecular weight excluding hydrogens is 382 g/mol. The molecule has 1 N–H and O–H groups in total. The first kappa shape index (κ1) is 19.6. The first-order valence-electron chi connectivity index (χ1n) is 9.81. The largest absolute Gasteiger partial charge is 0.273 e. The number of hydrogen-bond acceptors (Lipinski definition) is 3. The Morgan fingerprint density at radius 2 is 1.90 bits per heavy atom. The number of hydrazone groups is 1. The molecule has 1 amide bonds. The summed E-state index contributed by atoms with van der Waals surface area (Å²) in [6.07, 6.45) is 2.41. The average Bonchev–Trinajstić information content (AvgIpc) is 3.49. The second kappa shape index (κ2) is 7.60. The van der Waals surface area contributed by atoms with E-state index in [0.717, 1.165) is 17.3 Å². The molecule has 1 aromatic heterocycles. The second-order valence-corrected chi connectivity index (χ2v) is 8.97. The summed E-state index contributed by atoms with van der Waals surface area (Å²) in [4.78, 5) is 16.8. The van der Waals surface area contributed by atoms with E-state index in [4.69, 9.17) is 11.6 Å². The van der Waals surface area contributed by atoms with E-state index in [0.29, 0.717) is 10.7 Å². The van der Waals surface area contributed by atoms with Crippen LogP contribution in [0.4, 0.5) is 0 Å². The van der Waals surface area contributed by atoms with E-state index in [-0.39, 0.29) is 23.2 Å². The van der Waals surface area contributed by atoms with Gasteiger partial charge < -0.3 is 0 Å². The third-order valence-electron chi connectivity index (χ3n) is 5.42. The summed E-state index contributed by atoms with van der Waals surface area (Å²) in [5.41, 5.74) is 6.80. The molecule has 4 rings (SSSR count). The van der Waals surface area contributed by atoms with Crippen LogP contribution in [0.15, 0.2) is 59.7 Å². The Balaban J connectivity index is 1.38. The van der Waals surface area contributed by atoms with E-state index < -0.39 is 0 Å². The van der Waals surface area contributed by atoms with Crippen LogP contribution in [0.3, 0.4) is 0 Å². The van der Waals surface area contributed by atoms with Gasteiger partial charge in [-0.25, -0.2) is 10.4 Å². The van der Waals surface area contributed by atoms with E-state index >= 15 is 0 Å². The zero-order chi connectivity index (χ0) is 20.6. The van der Waals surface area contributed by atoms with Crippen LogP contribution in [-0.4, -0.2) is 17.1 Å². The van der Waals surface area contributed by atoms with Crippen LogP contribution < -0.4 is 5.43 Å². The van der Waals surface area contributed by atoms with E-state index in [1.54, 1.807) is 6.21 Å². The Bertz CT molecular complexity index is 1080. The number of para-hydroxylation sites is 1. The molecule has 2 aromatic carbocycles. The zero-order valence-corrected chi connectivity index (χ0v) is 17.6. The van der Waals surface area contributed by atoms with Gasteiger partial charge in [0.05, 0.1) is 11.7 Å². The summed E-state index contributed by atoms with van der Waals surface area (Å²) in [5, 5.41) is 5.44. The molecule has 1 heterocycles. The molecule has 1 aliphatic carbocycles. The Hall–Kier alpha value is -2.72. The SMILES string of the molecule is CC(C)(C)c1ccc(C2CC2C(=O)N/N=C/c2cc3ccccc3nc2Cl)cc1. The lowest BCUT2D eigenvalue weighted by atomic mass is 9.86. The fourth-order valence-corrected chi connectivity index (χ4v) is 3.73. The van der Waals surface area contributed by atoms with Crippen molar-refractivity contribution >= 4 is 34.6 Å². The van der Waals surface area contributed by atoms with Crippen molar-refractivity contribution in [3.8, 4) is 0 Å². The number of halogens is 1. The number of carbonyl (C=O) groups excluding carboxylic acids is 1. The molecule has 0 aliphatic heterocycles. The van der Waals surface area contributed by atoms with Crippen molar-refractivity contribution in [2.75, 3.05) is 0 Å². The quantitative estimate of drug-likeness (QED) is 0.357. The zero-order valence-electron chi connectivity index (χ0n) is 16.8. The van der Waals surface area contributed by atoms with Crippen molar-refractivity contribution in [1.29, 1.82) is 0 Å². The van der Waals surface area contributed by atoms with E-state index in [9.17, 15) is 4.79 Å². The number of benzene rings is 2. The Labute approximate surface area is 176 Å². The molecule has 2 unspecified atom stereocenters. The normalized spacial score (nSPS) is 18.9. The fraction of sp³-hybridized carbons (Fsp3) is 0.292. The number of carbonyl (C=O) groups is 1. The molecular formula is C24H24ClN3O. The predicted molar refractivity (Wildman–Crippen MR) is 118 cm³/mol. The number of nitrogens with one attached hydrogen (secondary N) is 1. The number of aromatic nitrogens is 1. The summed E-state index contributed by atoms with van der Waals surface area (Å²) >= 11 is 6.23. The van der Waals surface area contributed by atoms with Crippen molar-refractivity contribution in [2.45, 2.75) is 38.5 Å². The summed E-state index contributed by atoms with van der Waals surface area (Å²) < 4.78 is 0. The topological polar surface area (TPSA) is 54.4 Å². The highest BCUT2D eigenvalue weighted by Gasteiger charge is 2.44. The number of fused-ring (bicyclic) bond motifs is 1. The lowest BCUT2D eigenvalue weighted by molar-refractivity contribution is -0.122. The van der Waals surface area contributed by atoms with Crippen LogP contribution >= 0.6 is 11.6 Å². The van der Waals surface area contributed by atoms with Crippen LogP contribution in [0, 0.1) is 5.92 Å². The van der Waals surface area contributed by atoms with Crippen LogP contribution in [0.25, 0.3) is 10.9 Å². The van der Waals surface area contributed by atoms with E-state index in [2.05, 4.69) is 60.5 Å². The molecule has 3 aromatic rings. The molecule has 148 valence electrons. The highest BCUT2D eigenvalue weighted by molar-refractivity contribution is 6.32. The molecule has 1 aliphatic rings. The second-order valence-electron chi connectivity index (χ2n) is 8.62. The molecule has 1 saturated carbocycles. The summed E-state index contributed by atoms with van der Waals surface area (Å²) in [5.74, 6) is 0.180. The summed E-state index contributed by atoms with van der Waals surface area (Å²) in [7, 11) is 0. The van der Waals surface area contributed by atoms with Gasteiger partial charge in [0.25, 0.3) is 0 Å². The van der Waals surface area contributed by atoms with Gasteiger partial charge in [0.15, 0.2) is 0 Å². The Morgan fingerprint density at radius 3 is 2.62 bits per heavy atom. The maximum Gasteiger partial charge on any atom is 0.243 e. The molecule has 0 radical (unpaired) electrons. The lowest BCUT2D eigenvalue weighted by Crippen LogP contribution is -2.20. The molecule has 5 heteroatoms. The minimum absolute atomic E-state index is 0.0298. The summed E-state index contributed by atoms with van der Waals surface area (Å²) in [6.45, 7) is 6.60. The van der Waals surface area contributed by atoms with Gasteiger partial charge in [-0.2, -0.15) is 5.10 Å². The van der Waals surface area contributed by atoms with Crippen molar-refractivity contribution in [2.24, 2.45) is 11.0 Å². The van der Waals surface area contributed by atoms with Gasteiger partial charge in [0.1, 0.15) is 5.15 Å². The molecule has 29 heavy (non-hydrogen) atoms. The number of rotatable bonds is 4. The van der Waals surface area contributed by atoms with Gasteiger partial charge >= 0.3 is 0 Å². The van der Waals surface area contributed by atoms with Crippen molar-refractivity contribution < 1.29 is 4.79 Å². The summed E-state index contributed by atoms with van der Waals surface area (Å²) in [6, 6.07) is 18.3. The van der Waals surface area contributed by atoms with Crippen LogP contribution in [0.2, 0.25) is 5.15 Å². The minimum atomic E-state index is -0.0592. The molecule has 2 atom stereocenters. The van der Waals surface area contributed by atoms with Crippen molar-refractivity contribution in [3.05, 3.63) is 76.4 Å². The number of amides is 1. The molecule has 0 saturated heterocycles. The van der Waals surface area contributed by atoms with Crippen LogP contribution in [-0.2, 0) is 10.2 Å². The monoisotopic (exact) mass is 405 g/mol. The highest BCUT2D eigenvalue weighted by Crippen LogP contribution is 2.47. The van der Waals surface area contributed by atoms with Gasteiger partial charge in [0.2, 0.25) is 5.91 Å². The maximum absolute atomic E-state index is 12.4. The van der Waals surface area contributed by atoms with Gasteiger partial charge in [-0.05, 0) is 41.0 Å². The molecule has 0 bridgehead atoms. The number of nitrogens with zero attached hydrogens (tertiary/aromatic N) is 2. The van der Waals surface area contributed by atoms with E-state index in [1.165, 1.54) is 11.1 Å². The number of pyridine rings is 1. The van der Waals surface area contributed by atoms with Crippen molar-refractivity contribution in [1.82, 2.24) is 10.4 Å². The average molecular weight is 406 g/mol. The smallest absolute Gasteiger partial charge is 0.243 e.